The molecule has 114 valence electrons. The van der Waals surface area contributed by atoms with Crippen molar-refractivity contribution in [1.29, 1.82) is 0 Å². The van der Waals surface area contributed by atoms with Crippen molar-refractivity contribution < 1.29 is 0 Å². The average Bonchev–Trinajstić information content (AvgIpc) is 2.41. The molecular formula is C16H28ClN3. The van der Waals surface area contributed by atoms with Gasteiger partial charge in [-0.25, -0.2) is 4.98 Å². The van der Waals surface area contributed by atoms with Crippen molar-refractivity contribution in [2.75, 3.05) is 24.5 Å². The number of hydrogen-bond donors (Lipinski definition) is 1. The molecule has 0 atom stereocenters. The second kappa shape index (κ2) is 9.19. The molecule has 0 saturated carbocycles. The molecule has 0 amide bonds. The smallest absolute Gasteiger partial charge is 0.147 e. The first-order chi connectivity index (χ1) is 9.58. The van der Waals surface area contributed by atoms with Gasteiger partial charge < -0.3 is 10.2 Å². The number of rotatable bonds is 9. The van der Waals surface area contributed by atoms with Crippen LogP contribution in [0.25, 0.3) is 0 Å². The highest BCUT2D eigenvalue weighted by atomic mass is 35.5. The summed E-state index contributed by atoms with van der Waals surface area (Å²) < 4.78 is 0. The molecule has 1 aromatic heterocycles. The molecule has 0 aromatic carbocycles. The summed E-state index contributed by atoms with van der Waals surface area (Å²) in [6, 6.07) is 2.03. The van der Waals surface area contributed by atoms with E-state index in [0.29, 0.717) is 5.92 Å². The van der Waals surface area contributed by atoms with Crippen LogP contribution in [-0.2, 0) is 6.54 Å². The van der Waals surface area contributed by atoms with E-state index in [-0.39, 0.29) is 0 Å². The van der Waals surface area contributed by atoms with Crippen molar-refractivity contribution in [1.82, 2.24) is 10.3 Å². The molecule has 0 bridgehead atoms. The molecule has 0 aliphatic heterocycles. The monoisotopic (exact) mass is 297 g/mol. The topological polar surface area (TPSA) is 28.2 Å². The summed E-state index contributed by atoms with van der Waals surface area (Å²) in [5.41, 5.74) is 1.14. The lowest BCUT2D eigenvalue weighted by atomic mass is 10.2. The number of halogens is 1. The highest BCUT2D eigenvalue weighted by Crippen LogP contribution is 2.24. The number of nitrogens with one attached hydrogen (secondary N) is 1. The highest BCUT2D eigenvalue weighted by Gasteiger charge is 2.10. The van der Waals surface area contributed by atoms with E-state index in [1.807, 2.05) is 12.3 Å². The van der Waals surface area contributed by atoms with E-state index in [2.05, 4.69) is 42.9 Å². The second-order valence-electron chi connectivity index (χ2n) is 5.61. The van der Waals surface area contributed by atoms with Crippen molar-refractivity contribution >= 4 is 17.4 Å². The largest absolute Gasteiger partial charge is 0.356 e. The molecule has 0 fully saturated rings. The van der Waals surface area contributed by atoms with Crippen LogP contribution < -0.4 is 10.2 Å². The van der Waals surface area contributed by atoms with Crippen LogP contribution in [0.3, 0.4) is 0 Å². The summed E-state index contributed by atoms with van der Waals surface area (Å²) in [4.78, 5) is 6.80. The number of pyridine rings is 1. The molecule has 1 rings (SSSR count). The lowest BCUT2D eigenvalue weighted by Crippen LogP contribution is -2.25. The molecule has 0 aliphatic rings. The van der Waals surface area contributed by atoms with Gasteiger partial charge in [0.05, 0.1) is 5.02 Å². The van der Waals surface area contributed by atoms with Crippen molar-refractivity contribution in [2.45, 2.75) is 47.1 Å². The van der Waals surface area contributed by atoms with Crippen LogP contribution in [-0.4, -0.2) is 24.6 Å². The Hall–Kier alpha value is -0.800. The molecule has 0 aliphatic carbocycles. The van der Waals surface area contributed by atoms with Gasteiger partial charge in [0.1, 0.15) is 5.82 Å². The Morgan fingerprint density at radius 2 is 2.10 bits per heavy atom. The number of aromatic nitrogens is 1. The van der Waals surface area contributed by atoms with Crippen molar-refractivity contribution in [3.05, 3.63) is 22.8 Å². The lowest BCUT2D eigenvalue weighted by Gasteiger charge is -2.23. The van der Waals surface area contributed by atoms with E-state index in [1.54, 1.807) is 0 Å². The van der Waals surface area contributed by atoms with E-state index in [0.717, 1.165) is 42.6 Å². The second-order valence-corrected chi connectivity index (χ2v) is 6.01. The first-order valence-electron chi connectivity index (χ1n) is 7.68. The zero-order valence-corrected chi connectivity index (χ0v) is 14.0. The van der Waals surface area contributed by atoms with Gasteiger partial charge in [-0.2, -0.15) is 0 Å². The van der Waals surface area contributed by atoms with Gasteiger partial charge in [-0.05, 0) is 37.4 Å². The number of nitrogens with zero attached hydrogens (tertiary/aromatic N) is 2. The zero-order valence-electron chi connectivity index (χ0n) is 13.2. The Bertz CT molecular complexity index is 393. The minimum atomic E-state index is 0.655. The first-order valence-corrected chi connectivity index (χ1v) is 8.06. The molecule has 0 saturated heterocycles. The molecule has 1 aromatic rings. The molecule has 0 spiro atoms. The van der Waals surface area contributed by atoms with Gasteiger partial charge in [-0.1, -0.05) is 38.8 Å². The molecule has 1 heterocycles. The Labute approximate surface area is 128 Å². The van der Waals surface area contributed by atoms with Gasteiger partial charge in [0, 0.05) is 25.8 Å². The van der Waals surface area contributed by atoms with Crippen molar-refractivity contribution in [2.24, 2.45) is 5.92 Å². The molecule has 0 radical (unpaired) electrons. The third-order valence-corrected chi connectivity index (χ3v) is 3.50. The van der Waals surface area contributed by atoms with Gasteiger partial charge in [-0.15, -0.1) is 0 Å². The molecule has 20 heavy (non-hydrogen) atoms. The third-order valence-electron chi connectivity index (χ3n) is 3.22. The van der Waals surface area contributed by atoms with E-state index >= 15 is 0 Å². The molecule has 1 N–H and O–H groups in total. The summed E-state index contributed by atoms with van der Waals surface area (Å²) in [6.45, 7) is 12.5. The Kier molecular flexibility index (Phi) is 7.93. The van der Waals surface area contributed by atoms with Crippen LogP contribution in [0.2, 0.25) is 5.02 Å². The fourth-order valence-electron chi connectivity index (χ4n) is 2.07. The maximum Gasteiger partial charge on any atom is 0.147 e. The normalized spacial score (nSPS) is 11.1. The molecule has 3 nitrogen and oxygen atoms in total. The van der Waals surface area contributed by atoms with Gasteiger partial charge in [0.2, 0.25) is 0 Å². The van der Waals surface area contributed by atoms with Gasteiger partial charge in [0.15, 0.2) is 0 Å². The Morgan fingerprint density at radius 1 is 1.35 bits per heavy atom. The molecular weight excluding hydrogens is 270 g/mol. The molecule has 4 heteroatoms. The fraction of sp³-hybridized carbons (Fsp3) is 0.688. The van der Waals surface area contributed by atoms with E-state index in [1.165, 1.54) is 12.8 Å². The van der Waals surface area contributed by atoms with Crippen LogP contribution in [0.1, 0.15) is 46.1 Å². The standard InChI is InChI=1S/C16H28ClN3/c1-5-7-8-20(6-2)16-15(17)9-14(12-19-16)11-18-10-13(3)4/h9,12-13,18H,5-8,10-11H2,1-4H3. The van der Waals surface area contributed by atoms with E-state index < -0.39 is 0 Å². The van der Waals surface area contributed by atoms with Gasteiger partial charge in [-0.3, -0.25) is 0 Å². The third kappa shape index (κ3) is 5.68. The van der Waals surface area contributed by atoms with Crippen LogP contribution in [0.15, 0.2) is 12.3 Å². The molecule has 0 unspecified atom stereocenters. The Morgan fingerprint density at radius 3 is 2.65 bits per heavy atom. The first kappa shape index (κ1) is 17.3. The minimum Gasteiger partial charge on any atom is -0.356 e. The van der Waals surface area contributed by atoms with E-state index in [9.17, 15) is 0 Å². The highest BCUT2D eigenvalue weighted by molar-refractivity contribution is 6.33. The van der Waals surface area contributed by atoms with Crippen LogP contribution >= 0.6 is 11.6 Å². The lowest BCUT2D eigenvalue weighted by molar-refractivity contribution is 0.552. The van der Waals surface area contributed by atoms with Gasteiger partial charge >= 0.3 is 0 Å². The summed E-state index contributed by atoms with van der Waals surface area (Å²) in [7, 11) is 0. The minimum absolute atomic E-state index is 0.655. The maximum absolute atomic E-state index is 6.39. The summed E-state index contributed by atoms with van der Waals surface area (Å²) in [6.07, 6.45) is 4.29. The predicted octanol–water partition coefficient (Wildman–Crippen LogP) is 4.11. The SMILES string of the molecule is CCCCN(CC)c1ncc(CNCC(C)C)cc1Cl. The Balaban J connectivity index is 2.66. The van der Waals surface area contributed by atoms with Crippen molar-refractivity contribution in [3.63, 3.8) is 0 Å². The number of anilines is 1. The van der Waals surface area contributed by atoms with E-state index in [4.69, 9.17) is 11.6 Å². The zero-order chi connectivity index (χ0) is 15.0. The average molecular weight is 298 g/mol. The quantitative estimate of drug-likeness (QED) is 0.743. The summed E-state index contributed by atoms with van der Waals surface area (Å²) in [5, 5.41) is 4.17. The van der Waals surface area contributed by atoms with Crippen LogP contribution in [0.5, 0.6) is 0 Å². The van der Waals surface area contributed by atoms with Crippen LogP contribution in [0, 0.1) is 5.92 Å². The summed E-state index contributed by atoms with van der Waals surface area (Å²) >= 11 is 6.39. The van der Waals surface area contributed by atoms with Crippen LogP contribution in [0.4, 0.5) is 5.82 Å². The summed E-state index contributed by atoms with van der Waals surface area (Å²) in [5.74, 6) is 1.57. The number of hydrogen-bond acceptors (Lipinski definition) is 3. The maximum atomic E-state index is 6.39. The van der Waals surface area contributed by atoms with Crippen molar-refractivity contribution in [3.8, 4) is 0 Å². The predicted molar refractivity (Wildman–Crippen MR) is 88.6 cm³/mol. The fourth-order valence-corrected chi connectivity index (χ4v) is 2.38. The van der Waals surface area contributed by atoms with Gasteiger partial charge in [0.25, 0.3) is 0 Å². The number of unbranched alkanes of at least 4 members (excludes halogenated alkanes) is 1.